The van der Waals surface area contributed by atoms with E-state index in [4.69, 9.17) is 5.73 Å². The summed E-state index contributed by atoms with van der Waals surface area (Å²) in [6.07, 6.45) is 4.27. The lowest BCUT2D eigenvalue weighted by atomic mass is 10.3. The van der Waals surface area contributed by atoms with Crippen LogP contribution in [0.5, 0.6) is 0 Å². The second kappa shape index (κ2) is 4.93. The van der Waals surface area contributed by atoms with Crippen LogP contribution in [0.15, 0.2) is 23.2 Å². The van der Waals surface area contributed by atoms with Gasteiger partial charge in [-0.25, -0.2) is 9.97 Å². The average Bonchev–Trinajstić information content (AvgIpc) is 2.69. The Balaban J connectivity index is 1.89. The summed E-state index contributed by atoms with van der Waals surface area (Å²) in [5.74, 6) is 0.956. The molecule has 0 bridgehead atoms. The van der Waals surface area contributed by atoms with Gasteiger partial charge in [0.2, 0.25) is 5.95 Å². The highest BCUT2D eigenvalue weighted by atomic mass is 79.9. The molecule has 2 rings (SSSR count). The Labute approximate surface area is 101 Å². The molecule has 2 aromatic heterocycles. The van der Waals surface area contributed by atoms with Gasteiger partial charge in [0.25, 0.3) is 0 Å². The molecule has 0 aliphatic rings. The predicted octanol–water partition coefficient (Wildman–Crippen LogP) is 1.20. The van der Waals surface area contributed by atoms with Crippen molar-refractivity contribution in [1.29, 1.82) is 0 Å². The number of rotatable bonds is 4. The molecule has 0 spiro atoms. The van der Waals surface area contributed by atoms with E-state index in [1.165, 1.54) is 0 Å². The van der Waals surface area contributed by atoms with Gasteiger partial charge in [-0.15, -0.1) is 0 Å². The molecule has 0 aliphatic carbocycles. The fraction of sp³-hybridized carbons (Fsp3) is 0.222. The van der Waals surface area contributed by atoms with E-state index in [0.29, 0.717) is 16.4 Å². The van der Waals surface area contributed by atoms with E-state index in [1.54, 1.807) is 18.6 Å². The molecular formula is C9H11BrN6. The van der Waals surface area contributed by atoms with Crippen LogP contribution in [0.4, 0.5) is 11.8 Å². The zero-order valence-corrected chi connectivity index (χ0v) is 10.0. The highest BCUT2D eigenvalue weighted by Gasteiger charge is 2.00. The largest absolute Gasteiger partial charge is 0.383 e. The van der Waals surface area contributed by atoms with Crippen LogP contribution in [0, 0.1) is 0 Å². The lowest BCUT2D eigenvalue weighted by Crippen LogP contribution is -2.09. The maximum Gasteiger partial charge on any atom is 0.225 e. The number of nitrogen functional groups attached to an aromatic ring is 1. The minimum atomic E-state index is 0.436. The first-order valence-electron chi connectivity index (χ1n) is 4.75. The highest BCUT2D eigenvalue weighted by molar-refractivity contribution is 9.10. The molecule has 6 nitrogen and oxygen atoms in total. The van der Waals surface area contributed by atoms with Gasteiger partial charge in [-0.3, -0.25) is 0 Å². The first-order chi connectivity index (χ1) is 7.74. The third-order valence-electron chi connectivity index (χ3n) is 1.95. The number of halogens is 1. The molecule has 0 saturated heterocycles. The third kappa shape index (κ3) is 2.93. The number of aromatic amines is 1. The van der Waals surface area contributed by atoms with Gasteiger partial charge in [0, 0.05) is 30.9 Å². The van der Waals surface area contributed by atoms with E-state index in [1.807, 2.05) is 0 Å². The SMILES string of the molecule is Nc1cc(Br)nc(NCCc2cnc[nH]2)n1. The normalized spacial score (nSPS) is 10.3. The van der Waals surface area contributed by atoms with Crippen LogP contribution in [0.25, 0.3) is 0 Å². The van der Waals surface area contributed by atoms with Crippen LogP contribution in [0.1, 0.15) is 5.69 Å². The highest BCUT2D eigenvalue weighted by Crippen LogP contribution is 2.12. The molecule has 0 radical (unpaired) electrons. The number of aromatic nitrogens is 4. The maximum atomic E-state index is 5.59. The average molecular weight is 283 g/mol. The van der Waals surface area contributed by atoms with E-state index < -0.39 is 0 Å². The standard InChI is InChI=1S/C9H11BrN6/c10-7-3-8(11)16-9(15-7)13-2-1-6-4-12-5-14-6/h3-5H,1-2H2,(H,12,14)(H3,11,13,15,16). The van der Waals surface area contributed by atoms with Crippen molar-refractivity contribution in [2.45, 2.75) is 6.42 Å². The molecule has 2 aromatic rings. The summed E-state index contributed by atoms with van der Waals surface area (Å²) in [6.45, 7) is 0.720. The number of H-pyrrole nitrogens is 1. The molecule has 0 fully saturated rings. The molecule has 7 heteroatoms. The number of anilines is 2. The minimum absolute atomic E-state index is 0.436. The Kier molecular flexibility index (Phi) is 3.35. The third-order valence-corrected chi connectivity index (χ3v) is 2.35. The Morgan fingerprint density at radius 1 is 1.44 bits per heavy atom. The Morgan fingerprint density at radius 2 is 2.31 bits per heavy atom. The summed E-state index contributed by atoms with van der Waals surface area (Å²) < 4.78 is 0.670. The molecule has 0 saturated carbocycles. The van der Waals surface area contributed by atoms with Gasteiger partial charge in [-0.2, -0.15) is 4.98 Å². The van der Waals surface area contributed by atoms with Gasteiger partial charge < -0.3 is 16.0 Å². The Hall–Kier alpha value is -1.63. The molecule has 0 amide bonds. The quantitative estimate of drug-likeness (QED) is 0.733. The lowest BCUT2D eigenvalue weighted by molar-refractivity contribution is 0.951. The van der Waals surface area contributed by atoms with Crippen molar-refractivity contribution >= 4 is 27.7 Å². The maximum absolute atomic E-state index is 5.59. The summed E-state index contributed by atoms with van der Waals surface area (Å²) in [4.78, 5) is 15.1. The molecule has 0 aliphatic heterocycles. The molecule has 0 unspecified atom stereocenters. The van der Waals surface area contributed by atoms with E-state index in [9.17, 15) is 0 Å². The molecule has 84 valence electrons. The molecule has 0 aromatic carbocycles. The van der Waals surface area contributed by atoms with Gasteiger partial charge in [-0.1, -0.05) is 0 Å². The van der Waals surface area contributed by atoms with Gasteiger partial charge in [0.15, 0.2) is 0 Å². The van der Waals surface area contributed by atoms with Crippen molar-refractivity contribution in [2.75, 3.05) is 17.6 Å². The first-order valence-corrected chi connectivity index (χ1v) is 5.54. The topological polar surface area (TPSA) is 92.5 Å². The van der Waals surface area contributed by atoms with Gasteiger partial charge in [0.05, 0.1) is 6.33 Å². The van der Waals surface area contributed by atoms with Crippen molar-refractivity contribution < 1.29 is 0 Å². The van der Waals surface area contributed by atoms with Crippen molar-refractivity contribution in [1.82, 2.24) is 19.9 Å². The number of nitrogens with zero attached hydrogens (tertiary/aromatic N) is 3. The van der Waals surface area contributed by atoms with E-state index >= 15 is 0 Å². The number of hydrogen-bond donors (Lipinski definition) is 3. The second-order valence-electron chi connectivity index (χ2n) is 3.19. The van der Waals surface area contributed by atoms with Crippen LogP contribution in [-0.2, 0) is 6.42 Å². The van der Waals surface area contributed by atoms with Gasteiger partial charge in [-0.05, 0) is 15.9 Å². The molecule has 16 heavy (non-hydrogen) atoms. The monoisotopic (exact) mass is 282 g/mol. The van der Waals surface area contributed by atoms with E-state index in [2.05, 4.69) is 41.2 Å². The summed E-state index contributed by atoms with van der Waals surface area (Å²) in [5.41, 5.74) is 6.65. The first kappa shape index (κ1) is 10.9. The zero-order chi connectivity index (χ0) is 11.4. The van der Waals surface area contributed by atoms with Crippen LogP contribution in [0.3, 0.4) is 0 Å². The van der Waals surface area contributed by atoms with E-state index in [-0.39, 0.29) is 0 Å². The van der Waals surface area contributed by atoms with Crippen LogP contribution in [-0.4, -0.2) is 26.5 Å². The molecule has 0 atom stereocenters. The van der Waals surface area contributed by atoms with Crippen LogP contribution in [0.2, 0.25) is 0 Å². The number of nitrogens with one attached hydrogen (secondary N) is 2. The Bertz CT molecular complexity index is 435. The fourth-order valence-corrected chi connectivity index (χ4v) is 1.65. The van der Waals surface area contributed by atoms with Crippen LogP contribution >= 0.6 is 15.9 Å². The minimum Gasteiger partial charge on any atom is -0.383 e. The zero-order valence-electron chi connectivity index (χ0n) is 8.44. The van der Waals surface area contributed by atoms with Crippen molar-refractivity contribution in [2.24, 2.45) is 0 Å². The summed E-state index contributed by atoms with van der Waals surface area (Å²) in [5, 5.41) is 3.08. The van der Waals surface area contributed by atoms with Crippen molar-refractivity contribution in [3.63, 3.8) is 0 Å². The second-order valence-corrected chi connectivity index (χ2v) is 4.01. The van der Waals surface area contributed by atoms with E-state index in [0.717, 1.165) is 18.7 Å². The summed E-state index contributed by atoms with van der Waals surface area (Å²) >= 11 is 3.26. The number of imidazole rings is 1. The van der Waals surface area contributed by atoms with Gasteiger partial charge in [0.1, 0.15) is 10.4 Å². The predicted molar refractivity (Wildman–Crippen MR) is 64.9 cm³/mol. The molecular weight excluding hydrogens is 272 g/mol. The molecule has 4 N–H and O–H groups in total. The smallest absolute Gasteiger partial charge is 0.225 e. The summed E-state index contributed by atoms with van der Waals surface area (Å²) in [7, 11) is 0. The fourth-order valence-electron chi connectivity index (χ4n) is 1.24. The molecule has 2 heterocycles. The van der Waals surface area contributed by atoms with Gasteiger partial charge >= 0.3 is 0 Å². The summed E-state index contributed by atoms with van der Waals surface area (Å²) in [6, 6.07) is 1.65. The number of nitrogens with two attached hydrogens (primary N) is 1. The van der Waals surface area contributed by atoms with Crippen molar-refractivity contribution in [3.05, 3.63) is 28.9 Å². The number of hydrogen-bond acceptors (Lipinski definition) is 5. The van der Waals surface area contributed by atoms with Crippen molar-refractivity contribution in [3.8, 4) is 0 Å². The van der Waals surface area contributed by atoms with Crippen LogP contribution < -0.4 is 11.1 Å². The lowest BCUT2D eigenvalue weighted by Gasteiger charge is -2.04. The Morgan fingerprint density at radius 3 is 3.00 bits per heavy atom.